The van der Waals surface area contributed by atoms with Crippen molar-refractivity contribution in [2.75, 3.05) is 12.3 Å². The molecule has 0 aliphatic carbocycles. The highest BCUT2D eigenvalue weighted by molar-refractivity contribution is 7.99. The van der Waals surface area contributed by atoms with Crippen LogP contribution in [0.25, 0.3) is 0 Å². The van der Waals surface area contributed by atoms with Crippen LogP contribution in [-0.2, 0) is 6.54 Å². The van der Waals surface area contributed by atoms with Gasteiger partial charge in [-0.2, -0.15) is 0 Å². The van der Waals surface area contributed by atoms with E-state index in [0.29, 0.717) is 12.1 Å². The maximum absolute atomic E-state index is 13.8. The molecule has 1 nitrogen and oxygen atoms in total. The lowest BCUT2D eigenvalue weighted by molar-refractivity contribution is 0.535. The first kappa shape index (κ1) is 15.4. The maximum Gasteiger partial charge on any atom is 0.140 e. The van der Waals surface area contributed by atoms with Crippen LogP contribution in [0.1, 0.15) is 38.7 Å². The van der Waals surface area contributed by atoms with Gasteiger partial charge >= 0.3 is 0 Å². The zero-order valence-electron chi connectivity index (χ0n) is 11.1. The summed E-state index contributed by atoms with van der Waals surface area (Å²) in [6.45, 7) is 5.37. The molecule has 0 aliphatic rings. The fourth-order valence-corrected chi connectivity index (χ4v) is 2.59. The minimum atomic E-state index is -0.440. The molecular formula is C14H21F2NS. The highest BCUT2D eigenvalue weighted by Crippen LogP contribution is 2.27. The van der Waals surface area contributed by atoms with E-state index in [4.69, 9.17) is 0 Å². The molecule has 1 rings (SSSR count). The number of unbranched alkanes of at least 4 members (excludes halogenated alkanes) is 2. The Bertz CT molecular complexity index is 346. The van der Waals surface area contributed by atoms with Gasteiger partial charge in [-0.05, 0) is 36.4 Å². The molecule has 0 saturated carbocycles. The molecule has 0 fully saturated rings. The summed E-state index contributed by atoms with van der Waals surface area (Å²) in [4.78, 5) is 0.159. The van der Waals surface area contributed by atoms with Crippen LogP contribution in [0.15, 0.2) is 17.0 Å². The molecule has 0 radical (unpaired) electrons. The predicted octanol–water partition coefficient (Wildman–Crippen LogP) is 4.36. The van der Waals surface area contributed by atoms with E-state index in [1.807, 2.05) is 6.92 Å². The second kappa shape index (κ2) is 8.48. The van der Waals surface area contributed by atoms with E-state index in [1.165, 1.54) is 23.9 Å². The predicted molar refractivity (Wildman–Crippen MR) is 74.0 cm³/mol. The Morgan fingerprint density at radius 1 is 1.11 bits per heavy atom. The molecule has 1 aromatic carbocycles. The standard InChI is InChI=1S/C14H21F2NS/c1-3-5-6-7-18-14-12(15)8-11(9-13(14)16)10-17-4-2/h8-9,17H,3-7,10H2,1-2H3. The number of hydrogen-bond donors (Lipinski definition) is 1. The summed E-state index contributed by atoms with van der Waals surface area (Å²) in [5, 5.41) is 3.06. The Balaban J connectivity index is 2.62. The molecule has 0 aliphatic heterocycles. The van der Waals surface area contributed by atoms with Gasteiger partial charge in [-0.3, -0.25) is 0 Å². The summed E-state index contributed by atoms with van der Waals surface area (Å²) in [5.74, 6) is -0.109. The van der Waals surface area contributed by atoms with Gasteiger partial charge in [0.05, 0.1) is 4.90 Å². The molecule has 4 heteroatoms. The Labute approximate surface area is 112 Å². The topological polar surface area (TPSA) is 12.0 Å². The van der Waals surface area contributed by atoms with E-state index in [0.717, 1.165) is 31.6 Å². The largest absolute Gasteiger partial charge is 0.313 e. The molecule has 0 aromatic heterocycles. The third-order valence-corrected chi connectivity index (χ3v) is 3.80. The lowest BCUT2D eigenvalue weighted by Crippen LogP contribution is -2.12. The third-order valence-electron chi connectivity index (χ3n) is 2.63. The molecule has 0 saturated heterocycles. The van der Waals surface area contributed by atoms with E-state index in [2.05, 4.69) is 12.2 Å². The van der Waals surface area contributed by atoms with Crippen molar-refractivity contribution in [3.05, 3.63) is 29.3 Å². The highest BCUT2D eigenvalue weighted by Gasteiger charge is 2.11. The molecule has 0 spiro atoms. The smallest absolute Gasteiger partial charge is 0.140 e. The molecule has 0 unspecified atom stereocenters. The first-order valence-corrected chi connectivity index (χ1v) is 7.49. The molecular weight excluding hydrogens is 252 g/mol. The van der Waals surface area contributed by atoms with Crippen molar-refractivity contribution in [2.45, 2.75) is 44.6 Å². The van der Waals surface area contributed by atoms with Crippen LogP contribution in [0.4, 0.5) is 8.78 Å². The highest BCUT2D eigenvalue weighted by atomic mass is 32.2. The summed E-state index contributed by atoms with van der Waals surface area (Å²) in [6, 6.07) is 2.85. The van der Waals surface area contributed by atoms with E-state index < -0.39 is 11.6 Å². The minimum Gasteiger partial charge on any atom is -0.313 e. The normalized spacial score (nSPS) is 10.9. The first-order chi connectivity index (χ1) is 8.69. The van der Waals surface area contributed by atoms with Crippen LogP contribution in [0.2, 0.25) is 0 Å². The molecule has 1 N–H and O–H groups in total. The van der Waals surface area contributed by atoms with Crippen molar-refractivity contribution in [2.24, 2.45) is 0 Å². The quantitative estimate of drug-likeness (QED) is 0.558. The maximum atomic E-state index is 13.8. The van der Waals surface area contributed by atoms with Gasteiger partial charge in [-0.25, -0.2) is 8.78 Å². The Kier molecular flexibility index (Phi) is 7.28. The Morgan fingerprint density at radius 2 is 1.78 bits per heavy atom. The molecule has 0 bridgehead atoms. The SMILES string of the molecule is CCCCCSc1c(F)cc(CNCC)cc1F. The van der Waals surface area contributed by atoms with Gasteiger partial charge in [0.15, 0.2) is 0 Å². The first-order valence-electron chi connectivity index (χ1n) is 6.50. The van der Waals surface area contributed by atoms with Crippen molar-refractivity contribution in [1.29, 1.82) is 0 Å². The van der Waals surface area contributed by atoms with Crippen molar-refractivity contribution in [1.82, 2.24) is 5.32 Å². The molecule has 0 amide bonds. The van der Waals surface area contributed by atoms with Gasteiger partial charge in [0.2, 0.25) is 0 Å². The Hall–Kier alpha value is -0.610. The van der Waals surface area contributed by atoms with E-state index in [1.54, 1.807) is 0 Å². The van der Waals surface area contributed by atoms with Crippen molar-refractivity contribution in [3.63, 3.8) is 0 Å². The third kappa shape index (κ3) is 4.94. The van der Waals surface area contributed by atoms with Crippen LogP contribution in [0.5, 0.6) is 0 Å². The summed E-state index contributed by atoms with van der Waals surface area (Å²) in [6.07, 6.45) is 3.22. The van der Waals surface area contributed by atoms with Crippen LogP contribution in [0, 0.1) is 11.6 Å². The van der Waals surface area contributed by atoms with Gasteiger partial charge in [-0.15, -0.1) is 11.8 Å². The molecule has 1 aromatic rings. The Morgan fingerprint density at radius 3 is 2.33 bits per heavy atom. The fraction of sp³-hybridized carbons (Fsp3) is 0.571. The summed E-state index contributed by atoms with van der Waals surface area (Å²) in [5.41, 5.74) is 0.657. The lowest BCUT2D eigenvalue weighted by Gasteiger charge is -2.08. The van der Waals surface area contributed by atoms with Gasteiger partial charge in [-0.1, -0.05) is 26.7 Å². The number of benzene rings is 1. The molecule has 102 valence electrons. The summed E-state index contributed by atoms with van der Waals surface area (Å²) in [7, 11) is 0. The van der Waals surface area contributed by atoms with Gasteiger partial charge in [0.25, 0.3) is 0 Å². The average molecular weight is 273 g/mol. The van der Waals surface area contributed by atoms with E-state index >= 15 is 0 Å². The van der Waals surface area contributed by atoms with Crippen LogP contribution in [-0.4, -0.2) is 12.3 Å². The van der Waals surface area contributed by atoms with Crippen LogP contribution in [0.3, 0.4) is 0 Å². The number of hydrogen-bond acceptors (Lipinski definition) is 2. The van der Waals surface area contributed by atoms with Crippen molar-refractivity contribution >= 4 is 11.8 Å². The number of rotatable bonds is 8. The second-order valence-electron chi connectivity index (χ2n) is 4.22. The number of halogens is 2. The summed E-state index contributed by atoms with van der Waals surface area (Å²) < 4.78 is 27.5. The lowest BCUT2D eigenvalue weighted by atomic mass is 10.2. The number of nitrogens with one attached hydrogen (secondary N) is 1. The van der Waals surface area contributed by atoms with E-state index in [9.17, 15) is 8.78 Å². The van der Waals surface area contributed by atoms with Crippen molar-refractivity contribution in [3.8, 4) is 0 Å². The molecule has 0 heterocycles. The molecule has 0 atom stereocenters. The second-order valence-corrected chi connectivity index (χ2v) is 5.33. The van der Waals surface area contributed by atoms with Crippen LogP contribution < -0.4 is 5.32 Å². The van der Waals surface area contributed by atoms with Gasteiger partial charge < -0.3 is 5.32 Å². The van der Waals surface area contributed by atoms with E-state index in [-0.39, 0.29) is 4.90 Å². The zero-order chi connectivity index (χ0) is 13.4. The minimum absolute atomic E-state index is 0.159. The fourth-order valence-electron chi connectivity index (χ4n) is 1.65. The van der Waals surface area contributed by atoms with Gasteiger partial charge in [0.1, 0.15) is 11.6 Å². The average Bonchev–Trinajstić information content (AvgIpc) is 2.34. The van der Waals surface area contributed by atoms with Crippen LogP contribution >= 0.6 is 11.8 Å². The molecule has 18 heavy (non-hydrogen) atoms. The van der Waals surface area contributed by atoms with Crippen molar-refractivity contribution < 1.29 is 8.78 Å². The monoisotopic (exact) mass is 273 g/mol. The zero-order valence-corrected chi connectivity index (χ0v) is 11.9. The van der Waals surface area contributed by atoms with Gasteiger partial charge in [0, 0.05) is 6.54 Å². The number of thioether (sulfide) groups is 1. The summed E-state index contributed by atoms with van der Waals surface area (Å²) >= 11 is 1.28.